The second-order valence-corrected chi connectivity index (χ2v) is 4.96. The summed E-state index contributed by atoms with van der Waals surface area (Å²) in [6, 6.07) is 6.14. The highest BCUT2D eigenvalue weighted by Crippen LogP contribution is 2.40. The molecule has 1 atom stereocenters. The van der Waals surface area contributed by atoms with E-state index in [0.29, 0.717) is 5.56 Å². The van der Waals surface area contributed by atoms with Crippen LogP contribution in [0.3, 0.4) is 0 Å². The summed E-state index contributed by atoms with van der Waals surface area (Å²) in [5, 5.41) is 19.9. The van der Waals surface area contributed by atoms with E-state index in [4.69, 9.17) is 4.74 Å². The van der Waals surface area contributed by atoms with Crippen molar-refractivity contribution in [2.75, 3.05) is 6.61 Å². The minimum atomic E-state index is -1.38. The van der Waals surface area contributed by atoms with Gasteiger partial charge in [0.2, 0.25) is 0 Å². The average Bonchev–Trinajstić information content (AvgIpc) is 2.29. The fourth-order valence-corrected chi connectivity index (χ4v) is 1.66. The van der Waals surface area contributed by atoms with Crippen LogP contribution in [0, 0.1) is 5.41 Å². The standard InChI is InChI=1S/C14H20O4/c1-5-18-12(16)13(2,3)14(4,17)10-6-8-11(15)9-7-10/h6-9,15,17H,5H2,1-4H3. The largest absolute Gasteiger partial charge is 0.508 e. The van der Waals surface area contributed by atoms with Gasteiger partial charge in [0.15, 0.2) is 0 Å². The molecule has 4 heteroatoms. The molecule has 1 aromatic rings. The van der Waals surface area contributed by atoms with Crippen molar-refractivity contribution in [1.82, 2.24) is 0 Å². The molecule has 0 bridgehead atoms. The molecule has 0 aliphatic carbocycles. The number of hydrogen-bond acceptors (Lipinski definition) is 4. The minimum absolute atomic E-state index is 0.114. The van der Waals surface area contributed by atoms with Crippen molar-refractivity contribution < 1.29 is 19.7 Å². The highest BCUT2D eigenvalue weighted by atomic mass is 16.5. The van der Waals surface area contributed by atoms with E-state index in [1.807, 2.05) is 0 Å². The minimum Gasteiger partial charge on any atom is -0.508 e. The quantitative estimate of drug-likeness (QED) is 0.806. The highest BCUT2D eigenvalue weighted by molar-refractivity contribution is 5.77. The molecule has 18 heavy (non-hydrogen) atoms. The second kappa shape index (κ2) is 4.98. The number of hydrogen-bond donors (Lipinski definition) is 2. The molecule has 0 amide bonds. The lowest BCUT2D eigenvalue weighted by Gasteiger charge is -2.38. The van der Waals surface area contributed by atoms with Crippen molar-refractivity contribution in [2.45, 2.75) is 33.3 Å². The zero-order chi connectivity index (χ0) is 14.0. The van der Waals surface area contributed by atoms with Crippen LogP contribution in [-0.4, -0.2) is 22.8 Å². The van der Waals surface area contributed by atoms with Crippen LogP contribution in [0.1, 0.15) is 33.3 Å². The summed E-state index contributed by atoms with van der Waals surface area (Å²) in [6.45, 7) is 6.84. The second-order valence-electron chi connectivity index (χ2n) is 4.96. The van der Waals surface area contributed by atoms with E-state index in [2.05, 4.69) is 0 Å². The first-order chi connectivity index (χ1) is 8.23. The van der Waals surface area contributed by atoms with Gasteiger partial charge in [0.1, 0.15) is 11.4 Å². The van der Waals surface area contributed by atoms with Crippen LogP contribution >= 0.6 is 0 Å². The van der Waals surface area contributed by atoms with Gasteiger partial charge in [-0.05, 0) is 45.4 Å². The molecule has 0 saturated carbocycles. The van der Waals surface area contributed by atoms with E-state index < -0.39 is 17.0 Å². The Morgan fingerprint density at radius 3 is 2.17 bits per heavy atom. The van der Waals surface area contributed by atoms with E-state index in [-0.39, 0.29) is 12.4 Å². The Morgan fingerprint density at radius 1 is 1.22 bits per heavy atom. The fraction of sp³-hybridized carbons (Fsp3) is 0.500. The van der Waals surface area contributed by atoms with E-state index in [1.54, 1.807) is 39.8 Å². The predicted molar refractivity (Wildman–Crippen MR) is 68.1 cm³/mol. The van der Waals surface area contributed by atoms with Gasteiger partial charge in [0.25, 0.3) is 0 Å². The van der Waals surface area contributed by atoms with Gasteiger partial charge < -0.3 is 14.9 Å². The number of phenolic OH excluding ortho intramolecular Hbond substituents is 1. The van der Waals surface area contributed by atoms with Gasteiger partial charge in [0.05, 0.1) is 12.0 Å². The molecule has 0 radical (unpaired) electrons. The van der Waals surface area contributed by atoms with Crippen molar-refractivity contribution >= 4 is 5.97 Å². The third-order valence-corrected chi connectivity index (χ3v) is 3.43. The molecule has 1 rings (SSSR count). The third-order valence-electron chi connectivity index (χ3n) is 3.43. The summed E-state index contributed by atoms with van der Waals surface area (Å²) in [5.41, 5.74) is -1.91. The lowest BCUT2D eigenvalue weighted by Crippen LogP contribution is -2.45. The number of carbonyl (C=O) groups is 1. The summed E-state index contributed by atoms with van der Waals surface area (Å²) in [7, 11) is 0. The number of rotatable bonds is 4. The molecule has 100 valence electrons. The maximum atomic E-state index is 11.9. The number of carbonyl (C=O) groups excluding carboxylic acids is 1. The Morgan fingerprint density at radius 2 is 1.72 bits per heavy atom. The first-order valence-corrected chi connectivity index (χ1v) is 5.92. The molecule has 0 aliphatic rings. The van der Waals surface area contributed by atoms with Gasteiger partial charge in [-0.2, -0.15) is 0 Å². The SMILES string of the molecule is CCOC(=O)C(C)(C)C(C)(O)c1ccc(O)cc1. The van der Waals surface area contributed by atoms with Crippen LogP contribution < -0.4 is 0 Å². The first-order valence-electron chi connectivity index (χ1n) is 5.92. The first kappa shape index (κ1) is 14.5. The molecular weight excluding hydrogens is 232 g/mol. The Labute approximate surface area is 107 Å². The van der Waals surface area contributed by atoms with Gasteiger partial charge in [-0.15, -0.1) is 0 Å². The monoisotopic (exact) mass is 252 g/mol. The molecule has 0 aliphatic heterocycles. The van der Waals surface area contributed by atoms with Crippen LogP contribution in [0.5, 0.6) is 5.75 Å². The smallest absolute Gasteiger partial charge is 0.314 e. The van der Waals surface area contributed by atoms with Crippen LogP contribution in [0.15, 0.2) is 24.3 Å². The van der Waals surface area contributed by atoms with Gasteiger partial charge in [-0.3, -0.25) is 4.79 Å². The van der Waals surface area contributed by atoms with Gasteiger partial charge in [-0.1, -0.05) is 12.1 Å². The van der Waals surface area contributed by atoms with E-state index in [1.165, 1.54) is 12.1 Å². The van der Waals surface area contributed by atoms with Gasteiger partial charge >= 0.3 is 5.97 Å². The number of benzene rings is 1. The number of ether oxygens (including phenoxy) is 1. The topological polar surface area (TPSA) is 66.8 Å². The molecular formula is C14H20O4. The average molecular weight is 252 g/mol. The Bertz CT molecular complexity index is 418. The zero-order valence-electron chi connectivity index (χ0n) is 11.2. The van der Waals surface area contributed by atoms with E-state index in [9.17, 15) is 15.0 Å². The summed E-state index contributed by atoms with van der Waals surface area (Å²) >= 11 is 0. The van der Waals surface area contributed by atoms with Crippen molar-refractivity contribution in [3.8, 4) is 5.75 Å². The number of esters is 1. The molecule has 0 spiro atoms. The Kier molecular flexibility index (Phi) is 4.02. The molecule has 2 N–H and O–H groups in total. The van der Waals surface area contributed by atoms with Gasteiger partial charge in [-0.25, -0.2) is 0 Å². The molecule has 4 nitrogen and oxygen atoms in total. The molecule has 0 fully saturated rings. The molecule has 1 aromatic carbocycles. The molecule has 0 aromatic heterocycles. The van der Waals surface area contributed by atoms with E-state index >= 15 is 0 Å². The van der Waals surface area contributed by atoms with E-state index in [0.717, 1.165) is 0 Å². The summed E-state index contributed by atoms with van der Waals surface area (Å²) in [6.07, 6.45) is 0. The number of aliphatic hydroxyl groups is 1. The maximum absolute atomic E-state index is 11.9. The third kappa shape index (κ3) is 2.48. The summed E-state index contributed by atoms with van der Waals surface area (Å²) < 4.78 is 4.99. The van der Waals surface area contributed by atoms with Crippen LogP contribution in [0.4, 0.5) is 0 Å². The summed E-state index contributed by atoms with van der Waals surface area (Å²) in [4.78, 5) is 11.9. The fourth-order valence-electron chi connectivity index (χ4n) is 1.66. The lowest BCUT2D eigenvalue weighted by atomic mass is 9.72. The molecule has 1 unspecified atom stereocenters. The van der Waals surface area contributed by atoms with Crippen LogP contribution in [0.2, 0.25) is 0 Å². The van der Waals surface area contributed by atoms with Crippen LogP contribution in [0.25, 0.3) is 0 Å². The Hall–Kier alpha value is -1.55. The Balaban J connectivity index is 3.11. The number of phenols is 1. The highest BCUT2D eigenvalue weighted by Gasteiger charge is 2.47. The van der Waals surface area contributed by atoms with Crippen molar-refractivity contribution in [3.63, 3.8) is 0 Å². The molecule has 0 saturated heterocycles. The number of aromatic hydroxyl groups is 1. The maximum Gasteiger partial charge on any atom is 0.314 e. The van der Waals surface area contributed by atoms with Gasteiger partial charge in [0, 0.05) is 0 Å². The van der Waals surface area contributed by atoms with Crippen molar-refractivity contribution in [2.24, 2.45) is 5.41 Å². The van der Waals surface area contributed by atoms with Crippen LogP contribution in [-0.2, 0) is 15.1 Å². The van der Waals surface area contributed by atoms with Crippen molar-refractivity contribution in [1.29, 1.82) is 0 Å². The predicted octanol–water partition coefficient (Wildman–Crippen LogP) is 2.19. The summed E-state index contributed by atoms with van der Waals surface area (Å²) in [5.74, 6) is -0.341. The zero-order valence-corrected chi connectivity index (χ0v) is 11.2. The van der Waals surface area contributed by atoms with Crippen molar-refractivity contribution in [3.05, 3.63) is 29.8 Å². The molecule has 0 heterocycles. The lowest BCUT2D eigenvalue weighted by molar-refractivity contribution is -0.170. The normalized spacial score (nSPS) is 14.9.